The molecule has 1 aliphatic heterocycles. The van der Waals surface area contributed by atoms with E-state index in [1.54, 1.807) is 0 Å². The minimum atomic E-state index is -0.00486. The normalized spacial score (nSPS) is 60.2. The van der Waals surface area contributed by atoms with Crippen LogP contribution >= 0.6 is 0 Å². The fraction of sp³-hybridized carbons (Fsp3) is 1.00. The summed E-state index contributed by atoms with van der Waals surface area (Å²) >= 11 is 0. The van der Waals surface area contributed by atoms with E-state index in [1.807, 2.05) is 0 Å². The number of hydrogen-bond acceptors (Lipinski definition) is 2. The van der Waals surface area contributed by atoms with E-state index in [0.717, 1.165) is 48.5 Å². The summed E-state index contributed by atoms with van der Waals surface area (Å²) in [4.78, 5) is 2.68. The van der Waals surface area contributed by atoms with Crippen molar-refractivity contribution in [2.75, 3.05) is 13.6 Å². The van der Waals surface area contributed by atoms with Gasteiger partial charge in [-0.1, -0.05) is 6.92 Å². The van der Waals surface area contributed by atoms with Crippen LogP contribution < -0.4 is 0 Å². The summed E-state index contributed by atoms with van der Waals surface area (Å²) in [5.74, 6) is 4.75. The van der Waals surface area contributed by atoms with Gasteiger partial charge in [0.1, 0.15) is 0 Å². The van der Waals surface area contributed by atoms with Crippen LogP contribution in [0.15, 0.2) is 0 Å². The van der Waals surface area contributed by atoms with E-state index in [1.165, 1.54) is 51.5 Å². The molecule has 0 aromatic rings. The van der Waals surface area contributed by atoms with Gasteiger partial charge in [0.05, 0.1) is 6.10 Å². The average Bonchev–Trinajstić information content (AvgIpc) is 3.03. The molecule has 1 N–H and O–H groups in total. The third-order valence-electron chi connectivity index (χ3n) is 10.2. The smallest absolute Gasteiger partial charge is 0.0543 e. The molecule has 0 radical (unpaired) electrons. The molecule has 2 heteroatoms. The molecule has 5 fully saturated rings. The third-order valence-corrected chi connectivity index (χ3v) is 10.2. The molecule has 5 aliphatic rings. The van der Waals surface area contributed by atoms with Gasteiger partial charge in [-0.3, -0.25) is 0 Å². The van der Waals surface area contributed by atoms with Crippen molar-refractivity contribution in [3.63, 3.8) is 0 Å². The zero-order chi connectivity index (χ0) is 16.7. The highest BCUT2D eigenvalue weighted by Gasteiger charge is 2.64. The molecule has 5 rings (SSSR count). The summed E-state index contributed by atoms with van der Waals surface area (Å²) < 4.78 is 0. The maximum absolute atomic E-state index is 10.2. The quantitative estimate of drug-likeness (QED) is 0.714. The first-order chi connectivity index (χ1) is 11.5. The lowest BCUT2D eigenvalue weighted by atomic mass is 9.44. The zero-order valence-electron chi connectivity index (χ0n) is 16.0. The molecule has 0 bridgehead atoms. The van der Waals surface area contributed by atoms with Gasteiger partial charge in [0.25, 0.3) is 0 Å². The van der Waals surface area contributed by atoms with Crippen molar-refractivity contribution in [3.8, 4) is 0 Å². The van der Waals surface area contributed by atoms with Crippen molar-refractivity contribution < 1.29 is 5.11 Å². The molecule has 4 saturated carbocycles. The van der Waals surface area contributed by atoms with E-state index < -0.39 is 0 Å². The Labute approximate surface area is 148 Å². The lowest BCUT2D eigenvalue weighted by molar-refractivity contribution is -0.125. The van der Waals surface area contributed by atoms with Gasteiger partial charge in [-0.05, 0) is 112 Å². The molecule has 4 aliphatic carbocycles. The standard InChI is InChI=1S/C22H37NO/c1-14-18-6-7-20-17-5-4-15-12-16(24)8-10-21(15,2)19(17)9-11-22(18,20)13-23(14)3/h14-20,24H,4-13H2,1-3H3. The Hall–Kier alpha value is -0.0800. The number of aliphatic hydroxyl groups excluding tert-OH is 1. The zero-order valence-corrected chi connectivity index (χ0v) is 16.0. The molecule has 24 heavy (non-hydrogen) atoms. The molecular weight excluding hydrogens is 294 g/mol. The van der Waals surface area contributed by atoms with Crippen molar-refractivity contribution in [2.24, 2.45) is 40.4 Å². The average molecular weight is 332 g/mol. The van der Waals surface area contributed by atoms with Crippen LogP contribution in [-0.4, -0.2) is 35.7 Å². The van der Waals surface area contributed by atoms with E-state index in [0.29, 0.717) is 10.8 Å². The Balaban J connectivity index is 1.45. The van der Waals surface area contributed by atoms with Crippen molar-refractivity contribution in [2.45, 2.75) is 83.8 Å². The molecule has 2 nitrogen and oxygen atoms in total. The van der Waals surface area contributed by atoms with Crippen molar-refractivity contribution >= 4 is 0 Å². The monoisotopic (exact) mass is 331 g/mol. The summed E-state index contributed by atoms with van der Waals surface area (Å²) in [7, 11) is 2.38. The number of fused-ring (bicyclic) bond motifs is 4. The van der Waals surface area contributed by atoms with Crippen LogP contribution in [0.3, 0.4) is 0 Å². The molecule has 0 aromatic heterocycles. The van der Waals surface area contributed by atoms with Gasteiger partial charge in [0, 0.05) is 12.6 Å². The molecule has 0 amide bonds. The molecule has 9 unspecified atom stereocenters. The summed E-state index contributed by atoms with van der Waals surface area (Å²) in [5.41, 5.74) is 1.21. The molecule has 136 valence electrons. The molecule has 9 atom stereocenters. The molecule has 1 saturated heterocycles. The topological polar surface area (TPSA) is 23.5 Å². The highest BCUT2D eigenvalue weighted by atomic mass is 16.3. The molecule has 1 heterocycles. The van der Waals surface area contributed by atoms with Crippen LogP contribution in [0.4, 0.5) is 0 Å². The summed E-state index contributed by atoms with van der Waals surface area (Å²) in [6, 6.07) is 0.809. The predicted octanol–water partition coefficient (Wildman–Crippen LogP) is 4.32. The first-order valence-electron chi connectivity index (χ1n) is 10.8. The van der Waals surface area contributed by atoms with Gasteiger partial charge in [0.15, 0.2) is 0 Å². The second-order valence-corrected chi connectivity index (χ2v) is 10.7. The first kappa shape index (κ1) is 16.1. The van der Waals surface area contributed by atoms with E-state index in [2.05, 4.69) is 25.8 Å². The van der Waals surface area contributed by atoms with Crippen LogP contribution in [0.25, 0.3) is 0 Å². The summed E-state index contributed by atoms with van der Waals surface area (Å²) in [5, 5.41) is 10.2. The Bertz CT molecular complexity index is 520. The van der Waals surface area contributed by atoms with Gasteiger partial charge >= 0.3 is 0 Å². The van der Waals surface area contributed by atoms with Crippen LogP contribution in [0.2, 0.25) is 0 Å². The second kappa shape index (κ2) is 5.22. The minimum absolute atomic E-state index is 0.00486. The highest BCUT2D eigenvalue weighted by Crippen LogP contribution is 2.69. The van der Waals surface area contributed by atoms with Crippen LogP contribution in [0.5, 0.6) is 0 Å². The summed E-state index contributed by atoms with van der Waals surface area (Å²) in [6.07, 6.45) is 12.3. The Morgan fingerprint density at radius 1 is 0.917 bits per heavy atom. The number of rotatable bonds is 0. The predicted molar refractivity (Wildman–Crippen MR) is 97.6 cm³/mol. The molecule has 1 spiro atoms. The van der Waals surface area contributed by atoms with Crippen LogP contribution in [0.1, 0.15) is 71.6 Å². The van der Waals surface area contributed by atoms with Crippen molar-refractivity contribution in [1.29, 1.82) is 0 Å². The lowest BCUT2D eigenvalue weighted by Crippen LogP contribution is -2.54. The summed E-state index contributed by atoms with van der Waals surface area (Å²) in [6.45, 7) is 6.49. The fourth-order valence-electron chi connectivity index (χ4n) is 9.04. The Kier molecular flexibility index (Phi) is 3.51. The van der Waals surface area contributed by atoms with E-state index in [-0.39, 0.29) is 6.10 Å². The fourth-order valence-corrected chi connectivity index (χ4v) is 9.04. The van der Waals surface area contributed by atoms with E-state index in [4.69, 9.17) is 0 Å². The van der Waals surface area contributed by atoms with Gasteiger partial charge < -0.3 is 10.0 Å². The van der Waals surface area contributed by atoms with Gasteiger partial charge in [0.2, 0.25) is 0 Å². The molecular formula is C22H37NO. The van der Waals surface area contributed by atoms with Gasteiger partial charge in [-0.15, -0.1) is 0 Å². The second-order valence-electron chi connectivity index (χ2n) is 10.7. The number of hydrogen-bond donors (Lipinski definition) is 1. The van der Waals surface area contributed by atoms with Crippen LogP contribution in [-0.2, 0) is 0 Å². The van der Waals surface area contributed by atoms with Crippen molar-refractivity contribution in [3.05, 3.63) is 0 Å². The minimum Gasteiger partial charge on any atom is -0.393 e. The number of aliphatic hydroxyl groups is 1. The Morgan fingerprint density at radius 2 is 1.71 bits per heavy atom. The maximum Gasteiger partial charge on any atom is 0.0543 e. The lowest BCUT2D eigenvalue weighted by Gasteiger charge is -2.61. The van der Waals surface area contributed by atoms with E-state index in [9.17, 15) is 5.11 Å². The Morgan fingerprint density at radius 3 is 2.54 bits per heavy atom. The largest absolute Gasteiger partial charge is 0.393 e. The number of likely N-dealkylation sites (tertiary alicyclic amines) is 1. The highest BCUT2D eigenvalue weighted by molar-refractivity contribution is 5.14. The van der Waals surface area contributed by atoms with Gasteiger partial charge in [-0.2, -0.15) is 0 Å². The molecule has 0 aromatic carbocycles. The van der Waals surface area contributed by atoms with E-state index >= 15 is 0 Å². The maximum atomic E-state index is 10.2. The van der Waals surface area contributed by atoms with Crippen LogP contribution in [0, 0.1) is 40.4 Å². The number of nitrogens with zero attached hydrogens (tertiary/aromatic N) is 1. The van der Waals surface area contributed by atoms with Gasteiger partial charge in [-0.25, -0.2) is 0 Å². The van der Waals surface area contributed by atoms with Crippen molar-refractivity contribution in [1.82, 2.24) is 4.90 Å². The third kappa shape index (κ3) is 1.91. The first-order valence-corrected chi connectivity index (χ1v) is 10.8. The SMILES string of the molecule is CC1C2CCC3C4CCC5CC(O)CCC5(C)C4CCC32CN1C.